The first-order chi connectivity index (χ1) is 8.53. The number of nitrogens with one attached hydrogen (secondary N) is 2. The van der Waals surface area contributed by atoms with E-state index >= 15 is 0 Å². The minimum Gasteiger partial charge on any atom is -0.441 e. The van der Waals surface area contributed by atoms with Crippen LogP contribution in [0.2, 0.25) is 0 Å². The molecule has 0 aliphatic carbocycles. The molecule has 1 heterocycles. The van der Waals surface area contributed by atoms with E-state index in [1.807, 2.05) is 13.0 Å². The summed E-state index contributed by atoms with van der Waals surface area (Å²) in [6.07, 6.45) is 0. The number of hydrazine groups is 1. The molecule has 0 aliphatic heterocycles. The summed E-state index contributed by atoms with van der Waals surface area (Å²) in [5.41, 5.74) is 5.58. The molecule has 0 bridgehead atoms. The first-order valence-electron chi connectivity index (χ1n) is 6.05. The summed E-state index contributed by atoms with van der Waals surface area (Å²) in [4.78, 5) is 4.36. The van der Waals surface area contributed by atoms with Gasteiger partial charge in [0.25, 0.3) is 0 Å². The van der Waals surface area contributed by atoms with Crippen LogP contribution in [0.1, 0.15) is 25.3 Å². The van der Waals surface area contributed by atoms with Gasteiger partial charge in [0, 0.05) is 18.9 Å². The predicted octanol–water partition coefficient (Wildman–Crippen LogP) is 1.42. The van der Waals surface area contributed by atoms with Gasteiger partial charge in [-0.2, -0.15) is 0 Å². The largest absolute Gasteiger partial charge is 0.441 e. The van der Waals surface area contributed by atoms with E-state index in [1.165, 1.54) is 5.56 Å². The summed E-state index contributed by atoms with van der Waals surface area (Å²) in [5, 5.41) is 3.25. The fraction of sp³-hybridized carbons (Fsp3) is 0.462. The fourth-order valence-electron chi connectivity index (χ4n) is 2.01. The van der Waals surface area contributed by atoms with E-state index in [0.717, 1.165) is 17.6 Å². The maximum absolute atomic E-state index is 5.48. The molecule has 0 saturated heterocycles. The van der Waals surface area contributed by atoms with Gasteiger partial charge >= 0.3 is 0 Å². The third-order valence-corrected chi connectivity index (χ3v) is 3.07. The summed E-state index contributed by atoms with van der Waals surface area (Å²) in [5.74, 6) is 5.94. The van der Waals surface area contributed by atoms with Crippen LogP contribution in [0.15, 0.2) is 22.6 Å². The summed E-state index contributed by atoms with van der Waals surface area (Å²) in [7, 11) is 0. The summed E-state index contributed by atoms with van der Waals surface area (Å²) in [6, 6.07) is 6.15. The number of aromatic nitrogens is 1. The summed E-state index contributed by atoms with van der Waals surface area (Å²) < 4.78 is 5.48. The van der Waals surface area contributed by atoms with Gasteiger partial charge in [-0.3, -0.25) is 5.84 Å². The van der Waals surface area contributed by atoms with Crippen LogP contribution in [0.5, 0.6) is 0 Å². The molecule has 5 nitrogen and oxygen atoms in total. The van der Waals surface area contributed by atoms with Crippen molar-refractivity contribution in [3.63, 3.8) is 0 Å². The van der Waals surface area contributed by atoms with Gasteiger partial charge in [-0.1, -0.05) is 19.9 Å². The summed E-state index contributed by atoms with van der Waals surface area (Å²) in [6.45, 7) is 7.66. The fourth-order valence-corrected chi connectivity index (χ4v) is 2.01. The third kappa shape index (κ3) is 2.69. The highest BCUT2D eigenvalue weighted by molar-refractivity contribution is 5.73. The number of hydrogen-bond donors (Lipinski definition) is 3. The standard InChI is InChI=1S/C13H20N4O/c1-9-17-11-6-10(4-5-12(11)18-9)13(2,3)7-15-8-16-14/h4-6,15-16H,7-8,14H2,1-3H3. The van der Waals surface area contributed by atoms with Crippen molar-refractivity contribution in [2.24, 2.45) is 5.84 Å². The van der Waals surface area contributed by atoms with E-state index in [4.69, 9.17) is 10.3 Å². The van der Waals surface area contributed by atoms with E-state index in [0.29, 0.717) is 12.6 Å². The van der Waals surface area contributed by atoms with Crippen LogP contribution in [0, 0.1) is 6.92 Å². The lowest BCUT2D eigenvalue weighted by atomic mass is 9.84. The SMILES string of the molecule is Cc1nc2cc(C(C)(C)CNCNN)ccc2o1. The normalized spacial score (nSPS) is 12.2. The molecule has 1 aromatic carbocycles. The van der Waals surface area contributed by atoms with Crippen molar-refractivity contribution in [3.05, 3.63) is 29.7 Å². The van der Waals surface area contributed by atoms with Crippen molar-refractivity contribution in [2.45, 2.75) is 26.2 Å². The molecular formula is C13H20N4O. The third-order valence-electron chi connectivity index (χ3n) is 3.07. The molecule has 5 heteroatoms. The minimum absolute atomic E-state index is 0.0118. The highest BCUT2D eigenvalue weighted by Gasteiger charge is 2.21. The summed E-state index contributed by atoms with van der Waals surface area (Å²) >= 11 is 0. The Hall–Kier alpha value is -1.43. The highest BCUT2D eigenvalue weighted by Crippen LogP contribution is 2.26. The van der Waals surface area contributed by atoms with E-state index in [2.05, 4.69) is 41.7 Å². The maximum atomic E-state index is 5.48. The van der Waals surface area contributed by atoms with Crippen LogP contribution >= 0.6 is 0 Å². The molecule has 0 unspecified atom stereocenters. The van der Waals surface area contributed by atoms with Crippen LogP contribution < -0.4 is 16.6 Å². The van der Waals surface area contributed by atoms with Crippen LogP contribution in [0.25, 0.3) is 11.1 Å². The lowest BCUT2D eigenvalue weighted by molar-refractivity contribution is 0.455. The Labute approximate surface area is 107 Å². The molecule has 1 aromatic heterocycles. The smallest absolute Gasteiger partial charge is 0.192 e. The second-order valence-corrected chi connectivity index (χ2v) is 5.11. The van der Waals surface area contributed by atoms with Gasteiger partial charge in [-0.25, -0.2) is 10.4 Å². The number of oxazole rings is 1. The van der Waals surface area contributed by atoms with Gasteiger partial charge in [0.2, 0.25) is 0 Å². The number of benzene rings is 1. The lowest BCUT2D eigenvalue weighted by Crippen LogP contribution is -2.40. The molecule has 0 atom stereocenters. The molecule has 0 radical (unpaired) electrons. The first kappa shape index (κ1) is 13.0. The quantitative estimate of drug-likeness (QED) is 0.323. The zero-order valence-electron chi connectivity index (χ0n) is 11.1. The monoisotopic (exact) mass is 248 g/mol. The molecule has 2 rings (SSSR count). The average molecular weight is 248 g/mol. The van der Waals surface area contributed by atoms with Crippen LogP contribution in [-0.4, -0.2) is 18.2 Å². The molecular weight excluding hydrogens is 228 g/mol. The van der Waals surface area contributed by atoms with Crippen LogP contribution in [0.3, 0.4) is 0 Å². The Kier molecular flexibility index (Phi) is 3.65. The number of nitrogens with two attached hydrogens (primary N) is 1. The minimum atomic E-state index is 0.0118. The van der Waals surface area contributed by atoms with E-state index in [1.54, 1.807) is 0 Å². The predicted molar refractivity (Wildman–Crippen MR) is 72.0 cm³/mol. The van der Waals surface area contributed by atoms with Crippen molar-refractivity contribution in [1.29, 1.82) is 0 Å². The average Bonchev–Trinajstić information content (AvgIpc) is 2.68. The highest BCUT2D eigenvalue weighted by atomic mass is 16.3. The van der Waals surface area contributed by atoms with Gasteiger partial charge in [0.1, 0.15) is 5.52 Å². The van der Waals surface area contributed by atoms with Gasteiger partial charge in [-0.05, 0) is 17.7 Å². The number of rotatable bonds is 5. The Bertz CT molecular complexity index is 533. The number of nitrogens with zero attached hydrogens (tertiary/aromatic N) is 1. The molecule has 98 valence electrons. The molecule has 4 N–H and O–H groups in total. The van der Waals surface area contributed by atoms with Crippen molar-refractivity contribution < 1.29 is 4.42 Å². The lowest BCUT2D eigenvalue weighted by Gasteiger charge is -2.25. The zero-order chi connectivity index (χ0) is 13.2. The van der Waals surface area contributed by atoms with E-state index in [9.17, 15) is 0 Å². The van der Waals surface area contributed by atoms with Crippen molar-refractivity contribution in [3.8, 4) is 0 Å². The molecule has 0 saturated carbocycles. The Morgan fingerprint density at radius 2 is 2.17 bits per heavy atom. The molecule has 0 aliphatic rings. The zero-order valence-corrected chi connectivity index (χ0v) is 11.1. The van der Waals surface area contributed by atoms with Crippen molar-refractivity contribution in [2.75, 3.05) is 13.2 Å². The van der Waals surface area contributed by atoms with E-state index in [-0.39, 0.29) is 5.41 Å². The Morgan fingerprint density at radius 1 is 1.39 bits per heavy atom. The Balaban J connectivity index is 2.23. The number of aryl methyl sites for hydroxylation is 1. The topological polar surface area (TPSA) is 76.1 Å². The molecule has 0 spiro atoms. The number of hydrogen-bond acceptors (Lipinski definition) is 5. The van der Waals surface area contributed by atoms with Gasteiger partial charge in [0.15, 0.2) is 11.5 Å². The second kappa shape index (κ2) is 5.06. The number of fused-ring (bicyclic) bond motifs is 1. The second-order valence-electron chi connectivity index (χ2n) is 5.11. The van der Waals surface area contributed by atoms with Crippen LogP contribution in [-0.2, 0) is 5.41 Å². The van der Waals surface area contributed by atoms with Gasteiger partial charge < -0.3 is 9.73 Å². The first-order valence-corrected chi connectivity index (χ1v) is 6.05. The molecule has 0 fully saturated rings. The maximum Gasteiger partial charge on any atom is 0.192 e. The Morgan fingerprint density at radius 3 is 2.89 bits per heavy atom. The van der Waals surface area contributed by atoms with Crippen LogP contribution in [0.4, 0.5) is 0 Å². The molecule has 2 aromatic rings. The van der Waals surface area contributed by atoms with Gasteiger partial charge in [0.05, 0.1) is 6.67 Å². The van der Waals surface area contributed by atoms with Crippen molar-refractivity contribution >= 4 is 11.1 Å². The van der Waals surface area contributed by atoms with Gasteiger partial charge in [-0.15, -0.1) is 0 Å². The molecule has 18 heavy (non-hydrogen) atoms. The van der Waals surface area contributed by atoms with E-state index < -0.39 is 0 Å². The van der Waals surface area contributed by atoms with Crippen molar-refractivity contribution in [1.82, 2.24) is 15.7 Å². The molecule has 0 amide bonds.